The molecule has 1 aliphatic rings. The van der Waals surface area contributed by atoms with Crippen molar-refractivity contribution < 1.29 is 19.1 Å². The first-order chi connectivity index (χ1) is 7.08. The van der Waals surface area contributed by atoms with Crippen LogP contribution in [-0.4, -0.2) is 17.0 Å². The zero-order valence-corrected chi connectivity index (χ0v) is 8.19. The Morgan fingerprint density at radius 2 is 2.33 bits per heavy atom. The number of nitrogens with one attached hydrogen (secondary N) is 1. The number of furan rings is 1. The fourth-order valence-corrected chi connectivity index (χ4v) is 1.77. The summed E-state index contributed by atoms with van der Waals surface area (Å²) in [6, 6.07) is 2.91. The summed E-state index contributed by atoms with van der Waals surface area (Å²) in [5, 5.41) is 11.5. The molecule has 0 radical (unpaired) electrons. The van der Waals surface area contributed by atoms with E-state index in [0.717, 1.165) is 0 Å². The predicted octanol–water partition coefficient (Wildman–Crippen LogP) is 0.850. The van der Waals surface area contributed by atoms with Crippen molar-refractivity contribution in [3.05, 3.63) is 23.7 Å². The molecule has 1 aromatic rings. The molecule has 2 rings (SSSR count). The van der Waals surface area contributed by atoms with Crippen LogP contribution in [0.4, 0.5) is 0 Å². The second-order valence-corrected chi connectivity index (χ2v) is 3.64. The molecular formula is C10H11NO4. The second kappa shape index (κ2) is 3.42. The molecule has 0 bridgehead atoms. The molecule has 1 amide bonds. The number of hydrogen-bond acceptors (Lipinski definition) is 3. The van der Waals surface area contributed by atoms with Crippen LogP contribution in [0.1, 0.15) is 24.0 Å². The second-order valence-electron chi connectivity index (χ2n) is 3.64. The van der Waals surface area contributed by atoms with E-state index < -0.39 is 17.9 Å². The van der Waals surface area contributed by atoms with E-state index >= 15 is 0 Å². The fraction of sp³-hybridized carbons (Fsp3) is 0.400. The van der Waals surface area contributed by atoms with Crippen molar-refractivity contribution in [2.75, 3.05) is 0 Å². The van der Waals surface area contributed by atoms with Gasteiger partial charge in [-0.3, -0.25) is 9.59 Å². The molecule has 0 unspecified atom stereocenters. The Morgan fingerprint density at radius 3 is 2.87 bits per heavy atom. The number of amides is 1. The van der Waals surface area contributed by atoms with Crippen molar-refractivity contribution in [3.63, 3.8) is 0 Å². The van der Waals surface area contributed by atoms with Gasteiger partial charge in [0.2, 0.25) is 5.91 Å². The van der Waals surface area contributed by atoms with Gasteiger partial charge in [0.05, 0.1) is 5.92 Å². The fourth-order valence-electron chi connectivity index (χ4n) is 1.77. The minimum atomic E-state index is -0.979. The summed E-state index contributed by atoms with van der Waals surface area (Å²) in [4.78, 5) is 22.0. The largest absolute Gasteiger partial charge is 0.481 e. The van der Waals surface area contributed by atoms with E-state index in [2.05, 4.69) is 5.32 Å². The van der Waals surface area contributed by atoms with E-state index in [-0.39, 0.29) is 12.3 Å². The zero-order valence-electron chi connectivity index (χ0n) is 8.19. The lowest BCUT2D eigenvalue weighted by atomic mass is 9.99. The molecule has 1 aromatic heterocycles. The lowest BCUT2D eigenvalue weighted by Crippen LogP contribution is -2.23. The quantitative estimate of drug-likeness (QED) is 0.756. The van der Waals surface area contributed by atoms with Crippen molar-refractivity contribution in [2.45, 2.75) is 19.4 Å². The summed E-state index contributed by atoms with van der Waals surface area (Å²) < 4.78 is 5.32. The molecule has 0 aromatic carbocycles. The summed E-state index contributed by atoms with van der Waals surface area (Å²) in [7, 11) is 0. The molecule has 5 nitrogen and oxygen atoms in total. The predicted molar refractivity (Wildman–Crippen MR) is 50.1 cm³/mol. The van der Waals surface area contributed by atoms with Gasteiger partial charge in [0, 0.05) is 6.42 Å². The maximum absolute atomic E-state index is 11.1. The Bertz CT molecular complexity index is 409. The number of carboxylic acid groups (broad SMARTS) is 1. The van der Waals surface area contributed by atoms with Gasteiger partial charge in [0.25, 0.3) is 0 Å². The number of carbonyl (C=O) groups is 2. The summed E-state index contributed by atoms with van der Waals surface area (Å²) in [5.41, 5.74) is 0. The van der Waals surface area contributed by atoms with E-state index in [0.29, 0.717) is 11.5 Å². The van der Waals surface area contributed by atoms with Crippen LogP contribution in [0.2, 0.25) is 0 Å². The topological polar surface area (TPSA) is 79.5 Å². The highest BCUT2D eigenvalue weighted by Gasteiger charge is 2.40. The van der Waals surface area contributed by atoms with Crippen molar-refractivity contribution in [2.24, 2.45) is 5.92 Å². The van der Waals surface area contributed by atoms with E-state index in [1.807, 2.05) is 0 Å². The third-order valence-corrected chi connectivity index (χ3v) is 2.51. The number of hydrogen-bond donors (Lipinski definition) is 2. The van der Waals surface area contributed by atoms with Crippen LogP contribution in [0.3, 0.4) is 0 Å². The van der Waals surface area contributed by atoms with Gasteiger partial charge in [-0.05, 0) is 19.1 Å². The Kier molecular flexibility index (Phi) is 2.22. The Morgan fingerprint density at radius 1 is 1.60 bits per heavy atom. The molecule has 0 spiro atoms. The number of rotatable bonds is 2. The minimum absolute atomic E-state index is 0.0136. The first kappa shape index (κ1) is 9.76. The van der Waals surface area contributed by atoms with Gasteiger partial charge in [-0.2, -0.15) is 0 Å². The smallest absolute Gasteiger partial charge is 0.309 e. The van der Waals surface area contributed by atoms with Crippen molar-refractivity contribution >= 4 is 11.9 Å². The molecular weight excluding hydrogens is 198 g/mol. The highest BCUT2D eigenvalue weighted by molar-refractivity contribution is 5.87. The normalized spacial score (nSPS) is 25.3. The third-order valence-electron chi connectivity index (χ3n) is 2.51. The molecule has 5 heteroatoms. The van der Waals surface area contributed by atoms with Crippen LogP contribution in [-0.2, 0) is 9.59 Å². The van der Waals surface area contributed by atoms with Crippen molar-refractivity contribution in [1.82, 2.24) is 5.32 Å². The molecule has 0 saturated carbocycles. The van der Waals surface area contributed by atoms with E-state index in [1.54, 1.807) is 19.1 Å². The third kappa shape index (κ3) is 1.72. The molecule has 1 fully saturated rings. The molecule has 2 N–H and O–H groups in total. The molecule has 0 aliphatic carbocycles. The highest BCUT2D eigenvalue weighted by atomic mass is 16.4. The van der Waals surface area contributed by atoms with E-state index in [4.69, 9.17) is 9.52 Å². The maximum Gasteiger partial charge on any atom is 0.309 e. The van der Waals surface area contributed by atoms with Crippen LogP contribution in [0.25, 0.3) is 0 Å². The van der Waals surface area contributed by atoms with Gasteiger partial charge in [0.1, 0.15) is 17.6 Å². The first-order valence-electron chi connectivity index (χ1n) is 4.66. The zero-order chi connectivity index (χ0) is 11.0. The van der Waals surface area contributed by atoms with Crippen LogP contribution >= 0.6 is 0 Å². The van der Waals surface area contributed by atoms with Gasteiger partial charge in [-0.25, -0.2) is 0 Å². The van der Waals surface area contributed by atoms with E-state index in [9.17, 15) is 9.59 Å². The summed E-state index contributed by atoms with van der Waals surface area (Å²) in [5.74, 6) is -0.752. The molecule has 1 saturated heterocycles. The first-order valence-corrected chi connectivity index (χ1v) is 4.66. The SMILES string of the molecule is Cc1ccc([C@@H]2NC(=O)C[C@H]2C(=O)O)o1. The summed E-state index contributed by atoms with van der Waals surface area (Å²) in [6.45, 7) is 1.77. The Hall–Kier alpha value is -1.78. The number of aliphatic carboxylic acids is 1. The lowest BCUT2D eigenvalue weighted by Gasteiger charge is -2.11. The van der Waals surface area contributed by atoms with Crippen LogP contribution < -0.4 is 5.32 Å². The van der Waals surface area contributed by atoms with Gasteiger partial charge in [-0.1, -0.05) is 0 Å². The molecule has 1 aliphatic heterocycles. The van der Waals surface area contributed by atoms with Crippen LogP contribution in [0.15, 0.2) is 16.5 Å². The van der Waals surface area contributed by atoms with Crippen molar-refractivity contribution in [1.29, 1.82) is 0 Å². The Balaban J connectivity index is 2.27. The maximum atomic E-state index is 11.1. The van der Waals surface area contributed by atoms with Gasteiger partial charge in [0.15, 0.2) is 0 Å². The van der Waals surface area contributed by atoms with Crippen molar-refractivity contribution in [3.8, 4) is 0 Å². The molecule has 80 valence electrons. The monoisotopic (exact) mass is 209 g/mol. The standard InChI is InChI=1S/C10H11NO4/c1-5-2-3-7(15-5)9-6(10(13)14)4-8(12)11-9/h2-3,6,9H,4H2,1H3,(H,11,12)(H,13,14)/t6-,9-/m1/s1. The van der Waals surface area contributed by atoms with Crippen LogP contribution in [0, 0.1) is 12.8 Å². The molecule has 2 heterocycles. The minimum Gasteiger partial charge on any atom is -0.481 e. The number of aryl methyl sites for hydroxylation is 1. The number of carboxylic acids is 1. The molecule has 2 atom stereocenters. The number of carbonyl (C=O) groups excluding carboxylic acids is 1. The summed E-state index contributed by atoms with van der Waals surface area (Å²) >= 11 is 0. The van der Waals surface area contributed by atoms with E-state index in [1.165, 1.54) is 0 Å². The van der Waals surface area contributed by atoms with Gasteiger partial charge >= 0.3 is 5.97 Å². The highest BCUT2D eigenvalue weighted by Crippen LogP contribution is 2.31. The summed E-state index contributed by atoms with van der Waals surface area (Å²) in [6.07, 6.45) is 0.0136. The van der Waals surface area contributed by atoms with Gasteiger partial charge < -0.3 is 14.8 Å². The van der Waals surface area contributed by atoms with Gasteiger partial charge in [-0.15, -0.1) is 0 Å². The van der Waals surface area contributed by atoms with Crippen LogP contribution in [0.5, 0.6) is 0 Å². The average Bonchev–Trinajstić information content (AvgIpc) is 2.71. The lowest BCUT2D eigenvalue weighted by molar-refractivity contribution is -0.142. The average molecular weight is 209 g/mol. The Labute approximate surface area is 86.1 Å². The molecule has 15 heavy (non-hydrogen) atoms.